The van der Waals surface area contributed by atoms with Gasteiger partial charge >= 0.3 is 5.97 Å². The van der Waals surface area contributed by atoms with Crippen LogP contribution < -0.4 is 5.32 Å². The third-order valence-corrected chi connectivity index (χ3v) is 10.7. The van der Waals surface area contributed by atoms with E-state index in [0.29, 0.717) is 23.3 Å². The summed E-state index contributed by atoms with van der Waals surface area (Å²) in [5.41, 5.74) is 2.87. The van der Waals surface area contributed by atoms with Gasteiger partial charge in [0.1, 0.15) is 11.0 Å². The quantitative estimate of drug-likeness (QED) is 0.511. The summed E-state index contributed by atoms with van der Waals surface area (Å²) in [6.07, 6.45) is 6.44. The predicted molar refractivity (Wildman–Crippen MR) is 115 cm³/mol. The summed E-state index contributed by atoms with van der Waals surface area (Å²) in [6.45, 7) is 4.03. The molecular weight excluding hydrogens is 377 g/mol. The number of benzene rings is 1. The van der Waals surface area contributed by atoms with Gasteiger partial charge in [-0.1, -0.05) is 30.3 Å². The second-order valence-corrected chi connectivity index (χ2v) is 12.3. The number of carbonyl (C=O) groups excluding carboxylic acids is 2. The molecule has 0 radical (unpaired) electrons. The molecule has 4 nitrogen and oxygen atoms in total. The highest BCUT2D eigenvalue weighted by Crippen LogP contribution is 2.65. The maximum absolute atomic E-state index is 12.9. The van der Waals surface area contributed by atoms with Crippen molar-refractivity contribution >= 4 is 36.2 Å². The molecule has 0 spiro atoms. The van der Waals surface area contributed by atoms with Gasteiger partial charge in [-0.05, 0) is 43.2 Å². The van der Waals surface area contributed by atoms with Gasteiger partial charge in [0.25, 0.3) is 5.91 Å². The average Bonchev–Trinajstić information content (AvgIpc) is 3.23. The van der Waals surface area contributed by atoms with Gasteiger partial charge in [0.15, 0.2) is 0 Å². The number of anilines is 1. The lowest BCUT2D eigenvalue weighted by atomic mass is 10.2. The minimum absolute atomic E-state index is 0.0354. The molecule has 1 amide bonds. The number of thiophene rings is 1. The van der Waals surface area contributed by atoms with E-state index in [1.807, 2.05) is 18.4 Å². The van der Waals surface area contributed by atoms with Crippen molar-refractivity contribution in [1.82, 2.24) is 0 Å². The molecule has 1 aromatic carbocycles. The molecule has 1 aliphatic rings. The Bertz CT molecular complexity index is 797. The fourth-order valence-electron chi connectivity index (χ4n) is 3.78. The molecule has 0 aliphatic carbocycles. The molecule has 6 heteroatoms. The van der Waals surface area contributed by atoms with E-state index < -0.39 is 7.26 Å². The molecule has 1 saturated heterocycles. The molecule has 0 unspecified atom stereocenters. The number of ether oxygens (including phenoxy) is 1. The first-order chi connectivity index (χ1) is 13.0. The zero-order chi connectivity index (χ0) is 19.3. The van der Waals surface area contributed by atoms with Crippen LogP contribution in [0.2, 0.25) is 0 Å². The molecule has 1 N–H and O–H groups in total. The number of hydrogen-bond acceptors (Lipinski definition) is 4. The van der Waals surface area contributed by atoms with E-state index in [1.165, 1.54) is 42.1 Å². The van der Waals surface area contributed by atoms with Crippen LogP contribution in [0.25, 0.3) is 0 Å². The number of carbonyl (C=O) groups is 2. The fourth-order valence-corrected chi connectivity index (χ4v) is 9.11. The van der Waals surface area contributed by atoms with Gasteiger partial charge in [-0.15, -0.1) is 11.3 Å². The number of nitrogens with one attached hydrogen (secondary N) is 1. The highest BCUT2D eigenvalue weighted by molar-refractivity contribution is 7.76. The van der Waals surface area contributed by atoms with Gasteiger partial charge in [-0.25, -0.2) is 4.79 Å². The SMILES string of the molecule is CCOC(=O)c1scc(C)c1NC(=O)C[P+]1(Cc2ccccc2)CCCC1. The third kappa shape index (κ3) is 4.97. The van der Waals surface area contributed by atoms with E-state index in [4.69, 9.17) is 4.74 Å². The lowest BCUT2D eigenvalue weighted by Crippen LogP contribution is -2.22. The molecule has 1 aromatic heterocycles. The molecule has 0 atom stereocenters. The van der Waals surface area contributed by atoms with Crippen molar-refractivity contribution in [2.24, 2.45) is 0 Å². The lowest BCUT2D eigenvalue weighted by molar-refractivity contribution is -0.113. The van der Waals surface area contributed by atoms with Crippen LogP contribution in [-0.4, -0.2) is 37.0 Å². The average molecular weight is 404 g/mol. The standard InChI is InChI=1S/C21H26NO3PS/c1-3-25-21(24)20-19(16(2)15-27-20)22-18(23)14-26(11-7-8-12-26)13-17-9-5-4-6-10-17/h4-6,9-10,15H,3,7-8,11-14H2,1-2H3/p+1. The van der Waals surface area contributed by atoms with E-state index in [9.17, 15) is 9.59 Å². The Labute approximate surface area is 165 Å². The van der Waals surface area contributed by atoms with Crippen LogP contribution in [0.3, 0.4) is 0 Å². The number of hydrogen-bond donors (Lipinski definition) is 1. The van der Waals surface area contributed by atoms with Crippen LogP contribution in [0, 0.1) is 6.92 Å². The summed E-state index contributed by atoms with van der Waals surface area (Å²) in [5, 5.41) is 4.93. The minimum atomic E-state index is -1.33. The molecule has 0 bridgehead atoms. The van der Waals surface area contributed by atoms with Crippen LogP contribution in [0.1, 0.15) is 40.6 Å². The summed E-state index contributed by atoms with van der Waals surface area (Å²) in [4.78, 5) is 25.6. The Morgan fingerprint density at radius 2 is 1.89 bits per heavy atom. The van der Waals surface area contributed by atoms with Gasteiger partial charge < -0.3 is 10.1 Å². The monoisotopic (exact) mass is 404 g/mol. The Hall–Kier alpha value is -1.71. The van der Waals surface area contributed by atoms with Gasteiger partial charge in [-0.3, -0.25) is 4.79 Å². The first-order valence-corrected chi connectivity index (χ1v) is 12.9. The van der Waals surface area contributed by atoms with E-state index in [-0.39, 0.29) is 11.9 Å². The Balaban J connectivity index is 1.72. The molecule has 144 valence electrons. The van der Waals surface area contributed by atoms with Gasteiger partial charge in [0, 0.05) is 7.26 Å². The Kier molecular flexibility index (Phi) is 6.67. The summed E-state index contributed by atoms with van der Waals surface area (Å²) in [7, 11) is -1.33. The molecule has 2 aromatic rings. The van der Waals surface area contributed by atoms with E-state index in [0.717, 1.165) is 11.7 Å². The third-order valence-electron chi connectivity index (χ3n) is 5.05. The van der Waals surface area contributed by atoms with Gasteiger partial charge in [0.2, 0.25) is 0 Å². The first-order valence-electron chi connectivity index (χ1n) is 9.47. The molecule has 2 heterocycles. The lowest BCUT2D eigenvalue weighted by Gasteiger charge is -2.22. The fraction of sp³-hybridized carbons (Fsp3) is 0.429. The summed E-state index contributed by atoms with van der Waals surface area (Å²) in [5.74, 6) is -0.325. The molecule has 1 aliphatic heterocycles. The molecule has 27 heavy (non-hydrogen) atoms. The van der Waals surface area contributed by atoms with Crippen molar-refractivity contribution in [3.63, 3.8) is 0 Å². The van der Waals surface area contributed by atoms with Crippen LogP contribution in [0.4, 0.5) is 5.69 Å². The Morgan fingerprint density at radius 1 is 1.19 bits per heavy atom. The molecule has 0 saturated carbocycles. The normalized spacial score (nSPS) is 15.5. The zero-order valence-corrected chi connectivity index (χ0v) is 17.7. The van der Waals surface area contributed by atoms with Crippen LogP contribution in [0.15, 0.2) is 35.7 Å². The largest absolute Gasteiger partial charge is 0.462 e. The van der Waals surface area contributed by atoms with Crippen LogP contribution in [0.5, 0.6) is 0 Å². The number of amides is 1. The molecule has 3 rings (SSSR count). The highest BCUT2D eigenvalue weighted by Gasteiger charge is 2.43. The highest BCUT2D eigenvalue weighted by atomic mass is 32.1. The van der Waals surface area contributed by atoms with Crippen molar-refractivity contribution < 1.29 is 14.3 Å². The number of esters is 1. The van der Waals surface area contributed by atoms with E-state index >= 15 is 0 Å². The van der Waals surface area contributed by atoms with Crippen LogP contribution >= 0.6 is 18.6 Å². The van der Waals surface area contributed by atoms with Gasteiger partial charge in [0.05, 0.1) is 30.8 Å². The topological polar surface area (TPSA) is 55.4 Å². The second-order valence-electron chi connectivity index (χ2n) is 7.19. The molecular formula is C21H27NO3PS+. The summed E-state index contributed by atoms with van der Waals surface area (Å²) < 4.78 is 5.12. The zero-order valence-electron chi connectivity index (χ0n) is 16.0. The van der Waals surface area contributed by atoms with E-state index in [1.54, 1.807) is 6.92 Å². The maximum atomic E-state index is 12.9. The van der Waals surface area contributed by atoms with Crippen molar-refractivity contribution in [2.75, 3.05) is 30.4 Å². The second kappa shape index (κ2) is 8.99. The first kappa shape index (κ1) is 20.0. The number of aryl methyl sites for hydroxylation is 1. The van der Waals surface area contributed by atoms with Crippen LogP contribution in [-0.2, 0) is 15.7 Å². The van der Waals surface area contributed by atoms with Crippen molar-refractivity contribution in [1.29, 1.82) is 0 Å². The maximum Gasteiger partial charge on any atom is 0.350 e. The predicted octanol–water partition coefficient (Wildman–Crippen LogP) is 5.18. The van der Waals surface area contributed by atoms with Gasteiger partial charge in [-0.2, -0.15) is 0 Å². The Morgan fingerprint density at radius 3 is 2.56 bits per heavy atom. The smallest absolute Gasteiger partial charge is 0.350 e. The summed E-state index contributed by atoms with van der Waals surface area (Å²) >= 11 is 1.33. The van der Waals surface area contributed by atoms with E-state index in [2.05, 4.69) is 29.6 Å². The number of rotatable bonds is 7. The summed E-state index contributed by atoms with van der Waals surface area (Å²) in [6, 6.07) is 10.5. The van der Waals surface area contributed by atoms with Crippen molar-refractivity contribution in [3.8, 4) is 0 Å². The minimum Gasteiger partial charge on any atom is -0.462 e. The molecule has 1 fully saturated rings. The van der Waals surface area contributed by atoms with Crippen molar-refractivity contribution in [3.05, 3.63) is 51.7 Å². The van der Waals surface area contributed by atoms with Crippen molar-refractivity contribution in [2.45, 2.75) is 32.9 Å².